The Bertz CT molecular complexity index is 565. The lowest BCUT2D eigenvalue weighted by molar-refractivity contribution is 0.461. The summed E-state index contributed by atoms with van der Waals surface area (Å²) in [6.45, 7) is 0. The van der Waals surface area contributed by atoms with E-state index >= 15 is 0 Å². The minimum atomic E-state index is 0.255. The molecule has 0 aliphatic carbocycles. The van der Waals surface area contributed by atoms with Crippen molar-refractivity contribution in [2.45, 2.75) is 0 Å². The highest BCUT2D eigenvalue weighted by Gasteiger charge is 2.08. The van der Waals surface area contributed by atoms with Crippen molar-refractivity contribution in [1.29, 1.82) is 0 Å². The van der Waals surface area contributed by atoms with Crippen LogP contribution in [0.15, 0.2) is 29.0 Å². The third kappa shape index (κ3) is 3.00. The summed E-state index contributed by atoms with van der Waals surface area (Å²) in [7, 11) is 0. The van der Waals surface area contributed by atoms with Crippen LogP contribution in [0.3, 0.4) is 0 Å². The van der Waals surface area contributed by atoms with E-state index in [2.05, 4.69) is 25.9 Å². The van der Waals surface area contributed by atoms with Crippen LogP contribution in [0.4, 0.5) is 5.82 Å². The molecule has 2 N–H and O–H groups in total. The maximum absolute atomic E-state index is 6.00. The molecule has 2 aromatic rings. The lowest BCUT2D eigenvalue weighted by Crippen LogP contribution is -1.95. The molecule has 0 unspecified atom stereocenters. The highest BCUT2D eigenvalue weighted by atomic mass is 79.9. The normalized spacial score (nSPS) is 10.3. The molecule has 0 saturated carbocycles. The smallest absolute Gasteiger partial charge is 0.239 e. The Morgan fingerprint density at radius 1 is 1.18 bits per heavy atom. The minimum Gasteiger partial charge on any atom is -0.436 e. The second kappa shape index (κ2) is 5.08. The zero-order valence-electron chi connectivity index (χ0n) is 8.32. The number of benzene rings is 1. The third-order valence-corrected chi connectivity index (χ3v) is 3.31. The van der Waals surface area contributed by atoms with E-state index in [1.807, 2.05) is 0 Å². The van der Waals surface area contributed by atoms with Crippen molar-refractivity contribution in [3.8, 4) is 11.6 Å². The van der Waals surface area contributed by atoms with E-state index in [1.165, 1.54) is 12.4 Å². The predicted molar refractivity (Wildman–Crippen MR) is 70.7 cm³/mol. The molecule has 0 fully saturated rings. The van der Waals surface area contributed by atoms with Crippen LogP contribution in [0.5, 0.6) is 11.6 Å². The average molecular weight is 335 g/mol. The zero-order chi connectivity index (χ0) is 12.4. The molecule has 17 heavy (non-hydrogen) atoms. The van der Waals surface area contributed by atoms with Gasteiger partial charge in [0.15, 0.2) is 0 Å². The van der Waals surface area contributed by atoms with Crippen LogP contribution in [0.25, 0.3) is 0 Å². The summed E-state index contributed by atoms with van der Waals surface area (Å²) in [5.41, 5.74) is 5.48. The van der Waals surface area contributed by atoms with E-state index in [4.69, 9.17) is 33.7 Å². The standard InChI is InChI=1S/C10H6BrCl2N3O/c11-5-1-7(13)8(2-6(5)12)17-10-4-15-3-9(14)16-10/h1-4H,(H2,14,16). The van der Waals surface area contributed by atoms with Gasteiger partial charge in [0, 0.05) is 10.5 Å². The molecule has 0 atom stereocenters. The number of aromatic nitrogens is 2. The van der Waals surface area contributed by atoms with E-state index in [0.29, 0.717) is 20.3 Å². The molecule has 2 rings (SSSR count). The number of rotatable bonds is 2. The molecular weight excluding hydrogens is 329 g/mol. The first-order valence-electron chi connectivity index (χ1n) is 4.46. The van der Waals surface area contributed by atoms with Gasteiger partial charge in [-0.1, -0.05) is 23.2 Å². The minimum absolute atomic E-state index is 0.255. The molecule has 0 saturated heterocycles. The van der Waals surface area contributed by atoms with Crippen LogP contribution >= 0.6 is 39.1 Å². The maximum atomic E-state index is 6.00. The molecule has 0 radical (unpaired) electrons. The fraction of sp³-hybridized carbons (Fsp3) is 0. The highest BCUT2D eigenvalue weighted by Crippen LogP contribution is 2.35. The van der Waals surface area contributed by atoms with Crippen LogP contribution in [0.1, 0.15) is 0 Å². The summed E-state index contributed by atoms with van der Waals surface area (Å²) in [5, 5.41) is 0.895. The third-order valence-electron chi connectivity index (χ3n) is 1.82. The van der Waals surface area contributed by atoms with E-state index in [0.717, 1.165) is 0 Å². The lowest BCUT2D eigenvalue weighted by atomic mass is 10.3. The Kier molecular flexibility index (Phi) is 3.71. The first-order valence-corrected chi connectivity index (χ1v) is 6.01. The second-order valence-electron chi connectivity index (χ2n) is 3.08. The Morgan fingerprint density at radius 2 is 1.94 bits per heavy atom. The van der Waals surface area contributed by atoms with Crippen LogP contribution in [-0.2, 0) is 0 Å². The quantitative estimate of drug-likeness (QED) is 0.845. The van der Waals surface area contributed by atoms with Gasteiger partial charge in [0.25, 0.3) is 0 Å². The number of hydrogen-bond donors (Lipinski definition) is 1. The number of hydrogen-bond acceptors (Lipinski definition) is 4. The summed E-state index contributed by atoms with van der Waals surface area (Å²) >= 11 is 15.2. The largest absolute Gasteiger partial charge is 0.436 e. The van der Waals surface area contributed by atoms with E-state index in [1.54, 1.807) is 12.1 Å². The van der Waals surface area contributed by atoms with E-state index < -0.39 is 0 Å². The summed E-state index contributed by atoms with van der Waals surface area (Å²) in [4.78, 5) is 7.79. The molecule has 7 heteroatoms. The summed E-state index contributed by atoms with van der Waals surface area (Å²) in [6, 6.07) is 3.22. The molecule has 1 aromatic heterocycles. The van der Waals surface area contributed by atoms with Gasteiger partial charge in [0.1, 0.15) is 11.6 Å². The highest BCUT2D eigenvalue weighted by molar-refractivity contribution is 9.10. The molecular formula is C10H6BrCl2N3O. The van der Waals surface area contributed by atoms with Gasteiger partial charge in [-0.2, -0.15) is 4.98 Å². The Labute approximate surface area is 116 Å². The van der Waals surface area contributed by atoms with Gasteiger partial charge >= 0.3 is 0 Å². The van der Waals surface area contributed by atoms with Crippen molar-refractivity contribution in [2.24, 2.45) is 0 Å². The van der Waals surface area contributed by atoms with Crippen molar-refractivity contribution >= 4 is 44.9 Å². The SMILES string of the molecule is Nc1cncc(Oc2cc(Cl)c(Br)cc2Cl)n1. The molecule has 1 heterocycles. The predicted octanol–water partition coefficient (Wildman–Crippen LogP) is 3.92. The molecule has 1 aromatic carbocycles. The monoisotopic (exact) mass is 333 g/mol. The van der Waals surface area contributed by atoms with Gasteiger partial charge in [0.2, 0.25) is 5.88 Å². The van der Waals surface area contributed by atoms with Gasteiger partial charge in [-0.25, -0.2) is 0 Å². The second-order valence-corrected chi connectivity index (χ2v) is 4.75. The van der Waals surface area contributed by atoms with Crippen LogP contribution in [0.2, 0.25) is 10.0 Å². The number of nitrogens with two attached hydrogens (primary N) is 1. The first-order chi connectivity index (χ1) is 8.06. The summed E-state index contributed by atoms with van der Waals surface area (Å²) in [6.07, 6.45) is 2.85. The summed E-state index contributed by atoms with van der Waals surface area (Å²) < 4.78 is 6.12. The topological polar surface area (TPSA) is 61.0 Å². The van der Waals surface area contributed by atoms with E-state index in [9.17, 15) is 0 Å². The van der Waals surface area contributed by atoms with Crippen molar-refractivity contribution in [2.75, 3.05) is 5.73 Å². The molecule has 0 amide bonds. The fourth-order valence-corrected chi connectivity index (χ4v) is 1.94. The Morgan fingerprint density at radius 3 is 2.65 bits per heavy atom. The summed E-state index contributed by atoms with van der Waals surface area (Å²) in [5.74, 6) is 0.909. The molecule has 0 aliphatic rings. The van der Waals surface area contributed by atoms with Crippen molar-refractivity contribution in [1.82, 2.24) is 9.97 Å². The molecule has 0 aliphatic heterocycles. The van der Waals surface area contributed by atoms with Gasteiger partial charge < -0.3 is 10.5 Å². The van der Waals surface area contributed by atoms with Crippen LogP contribution < -0.4 is 10.5 Å². The molecule has 0 spiro atoms. The van der Waals surface area contributed by atoms with Crippen molar-refractivity contribution in [3.05, 3.63) is 39.0 Å². The number of nitrogen functional groups attached to an aromatic ring is 1. The fourth-order valence-electron chi connectivity index (χ4n) is 1.11. The molecule has 0 bridgehead atoms. The van der Waals surface area contributed by atoms with Crippen LogP contribution in [-0.4, -0.2) is 9.97 Å². The zero-order valence-corrected chi connectivity index (χ0v) is 11.4. The van der Waals surface area contributed by atoms with Gasteiger partial charge in [-0.15, -0.1) is 0 Å². The molecule has 4 nitrogen and oxygen atoms in total. The Balaban J connectivity index is 2.33. The average Bonchev–Trinajstić information content (AvgIpc) is 2.26. The maximum Gasteiger partial charge on any atom is 0.239 e. The van der Waals surface area contributed by atoms with Gasteiger partial charge in [-0.05, 0) is 22.0 Å². The van der Waals surface area contributed by atoms with Crippen LogP contribution in [0, 0.1) is 0 Å². The number of halogens is 3. The molecule has 88 valence electrons. The van der Waals surface area contributed by atoms with Gasteiger partial charge in [0.05, 0.1) is 22.4 Å². The first kappa shape index (κ1) is 12.4. The van der Waals surface area contributed by atoms with Crippen molar-refractivity contribution in [3.63, 3.8) is 0 Å². The number of anilines is 1. The van der Waals surface area contributed by atoms with Crippen molar-refractivity contribution < 1.29 is 4.74 Å². The lowest BCUT2D eigenvalue weighted by Gasteiger charge is -2.07. The number of nitrogens with zero attached hydrogens (tertiary/aromatic N) is 2. The number of ether oxygens (including phenoxy) is 1. The van der Waals surface area contributed by atoms with E-state index in [-0.39, 0.29) is 11.7 Å². The van der Waals surface area contributed by atoms with Gasteiger partial charge in [-0.3, -0.25) is 4.98 Å². The Hall–Kier alpha value is -1.04.